The highest BCUT2D eigenvalue weighted by Gasteiger charge is 2.44. The van der Waals surface area contributed by atoms with Crippen molar-refractivity contribution in [3.63, 3.8) is 0 Å². The van der Waals surface area contributed by atoms with Crippen LogP contribution in [0.4, 0.5) is 0 Å². The topological polar surface area (TPSA) is 135 Å². The number of rotatable bonds is 36. The van der Waals surface area contributed by atoms with E-state index in [0.29, 0.717) is 13.0 Å². The van der Waals surface area contributed by atoms with Crippen molar-refractivity contribution in [2.75, 3.05) is 26.4 Å². The maximum absolute atomic E-state index is 12.8. The summed E-state index contributed by atoms with van der Waals surface area (Å²) < 4.78 is 22.7. The van der Waals surface area contributed by atoms with Crippen molar-refractivity contribution < 1.29 is 44.2 Å². The molecule has 0 saturated carbocycles. The van der Waals surface area contributed by atoms with Crippen LogP contribution in [0.15, 0.2) is 48.6 Å². The first-order chi connectivity index (χ1) is 26.4. The molecule has 1 aliphatic rings. The number of hydrogen-bond donors (Lipinski definition) is 4. The van der Waals surface area contributed by atoms with E-state index >= 15 is 0 Å². The molecule has 4 N–H and O–H groups in total. The van der Waals surface area contributed by atoms with Crippen LogP contribution in [0.3, 0.4) is 0 Å². The Morgan fingerprint density at radius 2 is 1.09 bits per heavy atom. The first-order valence-electron chi connectivity index (χ1n) is 21.7. The summed E-state index contributed by atoms with van der Waals surface area (Å²) in [6.07, 6.45) is 37.0. The molecule has 0 spiro atoms. The number of aliphatic hydroxyl groups is 4. The van der Waals surface area contributed by atoms with Gasteiger partial charge >= 0.3 is 5.97 Å². The maximum atomic E-state index is 12.8. The lowest BCUT2D eigenvalue weighted by molar-refractivity contribution is -0.305. The van der Waals surface area contributed by atoms with Crippen LogP contribution in [0, 0.1) is 0 Å². The van der Waals surface area contributed by atoms with E-state index < -0.39 is 43.4 Å². The Labute approximate surface area is 329 Å². The Morgan fingerprint density at radius 1 is 0.593 bits per heavy atom. The Morgan fingerprint density at radius 3 is 1.69 bits per heavy atom. The molecule has 1 aliphatic heterocycles. The van der Waals surface area contributed by atoms with Crippen molar-refractivity contribution in [3.8, 4) is 0 Å². The first kappa shape index (κ1) is 50.2. The van der Waals surface area contributed by atoms with Gasteiger partial charge in [0.25, 0.3) is 0 Å². The minimum atomic E-state index is -1.54. The van der Waals surface area contributed by atoms with Crippen molar-refractivity contribution in [2.24, 2.45) is 0 Å². The predicted molar refractivity (Wildman–Crippen MR) is 219 cm³/mol. The molecule has 314 valence electrons. The molecular formula is C45H80O9. The number of esters is 1. The SMILES string of the molecule is CCCC/C=C\CCCCCCCCOCC(COC1OC(CO)C(O)C(O)C1O)OC(=O)CCCCCCCC/C=C\C/C=C\C/C=C\CCCCC. The second-order valence-corrected chi connectivity index (χ2v) is 14.8. The zero-order chi connectivity index (χ0) is 39.3. The number of carbonyl (C=O) groups excluding carboxylic acids is 1. The van der Waals surface area contributed by atoms with Gasteiger partial charge in [-0.15, -0.1) is 0 Å². The zero-order valence-electron chi connectivity index (χ0n) is 34.2. The molecule has 1 fully saturated rings. The van der Waals surface area contributed by atoms with Gasteiger partial charge in [0.1, 0.15) is 30.5 Å². The molecule has 0 aromatic rings. The molecule has 54 heavy (non-hydrogen) atoms. The van der Waals surface area contributed by atoms with E-state index in [4.69, 9.17) is 18.9 Å². The Bertz CT molecular complexity index is 963. The van der Waals surface area contributed by atoms with Crippen molar-refractivity contribution in [3.05, 3.63) is 48.6 Å². The first-order valence-corrected chi connectivity index (χ1v) is 21.7. The van der Waals surface area contributed by atoms with Crippen LogP contribution in [0.5, 0.6) is 0 Å². The molecule has 6 atom stereocenters. The molecule has 0 aromatic carbocycles. The normalized spacial score (nSPS) is 21.3. The standard InChI is InChI=1S/C45H80O9/c1-3-5-7-9-11-13-15-17-18-19-20-21-22-23-24-26-28-30-32-34-41(47)53-39(38-52-45-44(50)43(49)42(48)40(36-46)54-45)37-51-35-33-31-29-27-25-16-14-12-10-8-6-4-2/h10-13,17-18,20-21,39-40,42-46,48-50H,3-9,14-16,19,22-38H2,1-2H3/b12-10-,13-11-,18-17-,21-20-. The highest BCUT2D eigenvalue weighted by molar-refractivity contribution is 5.69. The third-order valence-corrected chi connectivity index (χ3v) is 9.72. The van der Waals surface area contributed by atoms with Crippen LogP contribution in [-0.4, -0.2) is 89.6 Å². The van der Waals surface area contributed by atoms with Gasteiger partial charge in [-0.05, 0) is 70.6 Å². The van der Waals surface area contributed by atoms with Crippen molar-refractivity contribution in [1.29, 1.82) is 0 Å². The van der Waals surface area contributed by atoms with Gasteiger partial charge in [0.15, 0.2) is 6.29 Å². The highest BCUT2D eigenvalue weighted by Crippen LogP contribution is 2.22. The van der Waals surface area contributed by atoms with E-state index in [2.05, 4.69) is 62.5 Å². The van der Waals surface area contributed by atoms with Gasteiger partial charge in [0.2, 0.25) is 0 Å². The average molecular weight is 765 g/mol. The minimum absolute atomic E-state index is 0.122. The van der Waals surface area contributed by atoms with E-state index in [-0.39, 0.29) is 19.2 Å². The molecule has 6 unspecified atom stereocenters. The van der Waals surface area contributed by atoms with Crippen LogP contribution in [0.2, 0.25) is 0 Å². The van der Waals surface area contributed by atoms with E-state index in [9.17, 15) is 25.2 Å². The van der Waals surface area contributed by atoms with E-state index in [1.165, 1.54) is 77.0 Å². The van der Waals surface area contributed by atoms with Crippen molar-refractivity contribution in [1.82, 2.24) is 0 Å². The smallest absolute Gasteiger partial charge is 0.306 e. The number of hydrogen-bond acceptors (Lipinski definition) is 9. The minimum Gasteiger partial charge on any atom is -0.457 e. The van der Waals surface area contributed by atoms with Crippen LogP contribution >= 0.6 is 0 Å². The van der Waals surface area contributed by atoms with Gasteiger partial charge < -0.3 is 39.4 Å². The molecule has 1 rings (SSSR count). The number of allylic oxidation sites excluding steroid dienone is 8. The maximum Gasteiger partial charge on any atom is 0.306 e. The summed E-state index contributed by atoms with van der Waals surface area (Å²) >= 11 is 0. The fraction of sp³-hybridized carbons (Fsp3) is 0.800. The number of aliphatic hydroxyl groups excluding tert-OH is 4. The Balaban J connectivity index is 2.29. The molecule has 9 nitrogen and oxygen atoms in total. The largest absolute Gasteiger partial charge is 0.457 e. The Kier molecular flexibility index (Phi) is 34.2. The molecule has 1 heterocycles. The van der Waals surface area contributed by atoms with Crippen LogP contribution in [-0.2, 0) is 23.7 Å². The van der Waals surface area contributed by atoms with Gasteiger partial charge in [-0.2, -0.15) is 0 Å². The average Bonchev–Trinajstić information content (AvgIpc) is 3.17. The second-order valence-electron chi connectivity index (χ2n) is 14.8. The van der Waals surface area contributed by atoms with E-state index in [0.717, 1.165) is 70.6 Å². The molecule has 0 aliphatic carbocycles. The quantitative estimate of drug-likeness (QED) is 0.0280. The summed E-state index contributed by atoms with van der Waals surface area (Å²) in [5, 5.41) is 40.0. The molecule has 9 heteroatoms. The highest BCUT2D eigenvalue weighted by atomic mass is 16.7. The van der Waals surface area contributed by atoms with Gasteiger partial charge in [-0.3, -0.25) is 4.79 Å². The fourth-order valence-corrected chi connectivity index (χ4v) is 6.24. The summed E-state index contributed by atoms with van der Waals surface area (Å²) in [7, 11) is 0. The molecule has 0 amide bonds. The third kappa shape index (κ3) is 27.7. The van der Waals surface area contributed by atoms with Crippen LogP contribution in [0.25, 0.3) is 0 Å². The molecular weight excluding hydrogens is 684 g/mol. The molecule has 0 aromatic heterocycles. The summed E-state index contributed by atoms with van der Waals surface area (Å²) in [6.45, 7) is 4.46. The summed E-state index contributed by atoms with van der Waals surface area (Å²) in [4.78, 5) is 12.8. The van der Waals surface area contributed by atoms with Crippen molar-refractivity contribution in [2.45, 2.75) is 205 Å². The van der Waals surface area contributed by atoms with E-state index in [1.807, 2.05) is 0 Å². The molecule has 0 radical (unpaired) electrons. The van der Waals surface area contributed by atoms with Crippen LogP contribution in [0.1, 0.15) is 168 Å². The lowest BCUT2D eigenvalue weighted by Crippen LogP contribution is -2.59. The molecule has 1 saturated heterocycles. The van der Waals surface area contributed by atoms with Gasteiger partial charge in [-0.25, -0.2) is 0 Å². The summed E-state index contributed by atoms with van der Waals surface area (Å²) in [5.41, 5.74) is 0. The zero-order valence-corrected chi connectivity index (χ0v) is 34.2. The second kappa shape index (κ2) is 36.8. The monoisotopic (exact) mass is 765 g/mol. The van der Waals surface area contributed by atoms with Crippen molar-refractivity contribution >= 4 is 5.97 Å². The molecule has 0 bridgehead atoms. The number of carbonyl (C=O) groups is 1. The number of ether oxygens (including phenoxy) is 4. The summed E-state index contributed by atoms with van der Waals surface area (Å²) in [5.74, 6) is -0.330. The van der Waals surface area contributed by atoms with Gasteiger partial charge in [0.05, 0.1) is 19.8 Å². The predicted octanol–water partition coefficient (Wildman–Crippen LogP) is 9.36. The third-order valence-electron chi connectivity index (χ3n) is 9.72. The lowest BCUT2D eigenvalue weighted by atomic mass is 9.99. The summed E-state index contributed by atoms with van der Waals surface area (Å²) in [6, 6.07) is 0. The van der Waals surface area contributed by atoms with Gasteiger partial charge in [0, 0.05) is 13.0 Å². The van der Waals surface area contributed by atoms with Crippen LogP contribution < -0.4 is 0 Å². The fourth-order valence-electron chi connectivity index (χ4n) is 6.24. The Hall–Kier alpha value is -1.85. The van der Waals surface area contributed by atoms with Gasteiger partial charge in [-0.1, -0.05) is 140 Å². The van der Waals surface area contributed by atoms with E-state index in [1.54, 1.807) is 0 Å². The number of unbranched alkanes of at least 4 members (excludes halogenated alkanes) is 17. The lowest BCUT2D eigenvalue weighted by Gasteiger charge is -2.39.